The number of nitro groups is 1. The van der Waals surface area contributed by atoms with Crippen molar-refractivity contribution in [3.8, 4) is 0 Å². The van der Waals surface area contributed by atoms with E-state index in [0.29, 0.717) is 5.84 Å². The van der Waals surface area contributed by atoms with Gasteiger partial charge >= 0.3 is 0 Å². The summed E-state index contributed by atoms with van der Waals surface area (Å²) >= 11 is 2.77. The van der Waals surface area contributed by atoms with E-state index in [-0.39, 0.29) is 11.2 Å². The molecule has 1 aromatic heterocycles. The quantitative estimate of drug-likeness (QED) is 0.665. The minimum absolute atomic E-state index is 0.0598. The number of rotatable bonds is 3. The molecule has 2 aliphatic rings. The van der Waals surface area contributed by atoms with Crippen LogP contribution in [0, 0.1) is 17.0 Å². The molecule has 0 bridgehead atoms. The Balaban J connectivity index is 1.63. The normalized spacial score (nSPS) is 19.2. The average Bonchev–Trinajstić information content (AvgIpc) is 3.22. The van der Waals surface area contributed by atoms with Crippen LogP contribution in [0.2, 0.25) is 0 Å². The molecule has 116 valence electrons. The number of nitrogens with zero attached hydrogens (tertiary/aromatic N) is 6. The molecule has 1 atom stereocenters. The lowest BCUT2D eigenvalue weighted by Gasteiger charge is -2.12. The number of amidine groups is 1. The van der Waals surface area contributed by atoms with Crippen molar-refractivity contribution in [1.29, 1.82) is 0 Å². The molecule has 0 radical (unpaired) electrons. The number of fused-ring (bicyclic) bond motifs is 1. The van der Waals surface area contributed by atoms with E-state index < -0.39 is 4.92 Å². The third-order valence-electron chi connectivity index (χ3n) is 3.32. The van der Waals surface area contributed by atoms with Crippen LogP contribution >= 0.6 is 23.3 Å². The van der Waals surface area contributed by atoms with E-state index in [2.05, 4.69) is 25.2 Å². The number of nitro benzene ring substituents is 1. The zero-order valence-corrected chi connectivity index (χ0v) is 13.3. The highest BCUT2D eigenvalue weighted by atomic mass is 32.2. The van der Waals surface area contributed by atoms with Gasteiger partial charge in [0.1, 0.15) is 9.92 Å². The summed E-state index contributed by atoms with van der Waals surface area (Å²) in [7, 11) is 0. The van der Waals surface area contributed by atoms with Gasteiger partial charge in [-0.3, -0.25) is 15.5 Å². The predicted molar refractivity (Wildman–Crippen MR) is 87.2 cm³/mol. The molecule has 2 aromatic rings. The predicted octanol–water partition coefficient (Wildman–Crippen LogP) is 1.71. The largest absolute Gasteiger partial charge is 0.274 e. The van der Waals surface area contributed by atoms with Crippen LogP contribution in [0.5, 0.6) is 0 Å². The Hall–Kier alpha value is -2.53. The molecule has 0 fully saturated rings. The molecule has 0 saturated heterocycles. The van der Waals surface area contributed by atoms with Gasteiger partial charge in [-0.2, -0.15) is 10.2 Å². The first kappa shape index (κ1) is 14.1. The molecule has 9 nitrogen and oxygen atoms in total. The van der Waals surface area contributed by atoms with Crippen molar-refractivity contribution in [2.75, 3.05) is 0 Å². The van der Waals surface area contributed by atoms with Crippen LogP contribution < -0.4 is 5.43 Å². The highest BCUT2D eigenvalue weighted by Crippen LogP contribution is 2.33. The smallest absolute Gasteiger partial charge is 0.269 e. The van der Waals surface area contributed by atoms with Crippen molar-refractivity contribution in [1.82, 2.24) is 20.0 Å². The van der Waals surface area contributed by atoms with Crippen LogP contribution in [0.15, 0.2) is 34.5 Å². The van der Waals surface area contributed by atoms with Crippen molar-refractivity contribution in [3.05, 3.63) is 50.5 Å². The topological polar surface area (TPSA) is 109 Å². The maximum absolute atomic E-state index is 10.7. The van der Waals surface area contributed by atoms with Gasteiger partial charge in [0.25, 0.3) is 5.69 Å². The van der Waals surface area contributed by atoms with Crippen molar-refractivity contribution in [2.45, 2.75) is 12.4 Å². The molecule has 1 unspecified atom stereocenters. The Bertz CT molecular complexity index is 845. The van der Waals surface area contributed by atoms with E-state index in [1.54, 1.807) is 17.1 Å². The minimum Gasteiger partial charge on any atom is -0.274 e. The van der Waals surface area contributed by atoms with Crippen LogP contribution in [0.4, 0.5) is 5.69 Å². The van der Waals surface area contributed by atoms with Gasteiger partial charge in [0, 0.05) is 17.7 Å². The Morgan fingerprint density at radius 1 is 1.35 bits per heavy atom. The van der Waals surface area contributed by atoms with Gasteiger partial charge in [-0.15, -0.1) is 5.10 Å². The van der Waals surface area contributed by atoms with Crippen molar-refractivity contribution in [3.63, 3.8) is 0 Å². The van der Waals surface area contributed by atoms with E-state index in [4.69, 9.17) is 0 Å². The molecular formula is C12H9N7O2S2. The summed E-state index contributed by atoms with van der Waals surface area (Å²) in [6.45, 7) is 1.87. The third-order valence-corrected chi connectivity index (χ3v) is 5.21. The SMILES string of the molecule is Cc1nnsc1C1=NNC2SC(c3ccc([N+](=O)[O-])cc3)=NN12. The number of hydrogen-bond donors (Lipinski definition) is 1. The van der Waals surface area contributed by atoms with Crippen LogP contribution in [-0.4, -0.2) is 35.9 Å². The van der Waals surface area contributed by atoms with Crippen molar-refractivity contribution >= 4 is 39.9 Å². The van der Waals surface area contributed by atoms with Gasteiger partial charge in [0.2, 0.25) is 0 Å². The maximum Gasteiger partial charge on any atom is 0.269 e. The zero-order chi connectivity index (χ0) is 16.0. The zero-order valence-electron chi connectivity index (χ0n) is 11.7. The number of benzene rings is 1. The first-order valence-corrected chi connectivity index (χ1v) is 8.20. The molecule has 0 spiro atoms. The van der Waals surface area contributed by atoms with Gasteiger partial charge in [-0.25, -0.2) is 5.01 Å². The van der Waals surface area contributed by atoms with Crippen LogP contribution in [-0.2, 0) is 0 Å². The average molecular weight is 347 g/mol. The highest BCUT2D eigenvalue weighted by molar-refractivity contribution is 8.15. The summed E-state index contributed by atoms with van der Waals surface area (Å²) in [5.74, 6) is 0.687. The lowest BCUT2D eigenvalue weighted by atomic mass is 10.2. The molecule has 11 heteroatoms. The molecule has 1 aromatic carbocycles. The lowest BCUT2D eigenvalue weighted by Crippen LogP contribution is -2.30. The summed E-state index contributed by atoms with van der Waals surface area (Å²) in [6, 6.07) is 6.34. The number of non-ortho nitro benzene ring substituents is 1. The number of nitrogens with one attached hydrogen (secondary N) is 1. The van der Waals surface area contributed by atoms with Gasteiger partial charge in [0.15, 0.2) is 11.3 Å². The Kier molecular flexibility index (Phi) is 3.23. The molecule has 0 saturated carbocycles. The second-order valence-corrected chi connectivity index (χ2v) is 6.60. The first-order valence-electron chi connectivity index (χ1n) is 6.55. The van der Waals surface area contributed by atoms with Gasteiger partial charge < -0.3 is 0 Å². The number of aryl methyl sites for hydroxylation is 1. The molecule has 2 aliphatic heterocycles. The molecule has 0 amide bonds. The Morgan fingerprint density at radius 3 is 2.78 bits per heavy atom. The van der Waals surface area contributed by atoms with E-state index >= 15 is 0 Å². The molecule has 0 aliphatic carbocycles. The Morgan fingerprint density at radius 2 is 2.13 bits per heavy atom. The summed E-state index contributed by atoms with van der Waals surface area (Å²) in [5, 5.41) is 26.1. The fourth-order valence-electron chi connectivity index (χ4n) is 2.18. The summed E-state index contributed by atoms with van der Waals surface area (Å²) in [6.07, 6.45) is 0. The second kappa shape index (κ2) is 5.28. The van der Waals surface area contributed by atoms with Gasteiger partial charge in [0.05, 0.1) is 10.6 Å². The summed E-state index contributed by atoms with van der Waals surface area (Å²) < 4.78 is 3.92. The highest BCUT2D eigenvalue weighted by Gasteiger charge is 2.37. The molecule has 23 heavy (non-hydrogen) atoms. The number of hydrazone groups is 2. The van der Waals surface area contributed by atoms with E-state index in [0.717, 1.165) is 21.2 Å². The van der Waals surface area contributed by atoms with Gasteiger partial charge in [-0.1, -0.05) is 16.3 Å². The maximum atomic E-state index is 10.7. The molecular weight excluding hydrogens is 338 g/mol. The van der Waals surface area contributed by atoms with E-state index in [1.807, 2.05) is 6.92 Å². The van der Waals surface area contributed by atoms with E-state index in [1.165, 1.54) is 35.4 Å². The van der Waals surface area contributed by atoms with Crippen LogP contribution in [0.1, 0.15) is 16.1 Å². The number of hydrogen-bond acceptors (Lipinski definition) is 10. The van der Waals surface area contributed by atoms with Gasteiger partial charge in [-0.05, 0) is 30.6 Å². The van der Waals surface area contributed by atoms with Crippen LogP contribution in [0.3, 0.4) is 0 Å². The second-order valence-electron chi connectivity index (χ2n) is 4.78. The van der Waals surface area contributed by atoms with Crippen molar-refractivity contribution < 1.29 is 4.92 Å². The lowest BCUT2D eigenvalue weighted by molar-refractivity contribution is -0.384. The molecule has 1 N–H and O–H groups in total. The third kappa shape index (κ3) is 2.33. The first-order chi connectivity index (χ1) is 11.1. The van der Waals surface area contributed by atoms with Crippen LogP contribution in [0.25, 0.3) is 0 Å². The summed E-state index contributed by atoms with van der Waals surface area (Å²) in [5.41, 5.74) is 4.59. The Labute approximate surface area is 138 Å². The fraction of sp³-hybridized carbons (Fsp3) is 0.167. The molecule has 4 rings (SSSR count). The number of thioether (sulfide) groups is 1. The monoisotopic (exact) mass is 347 g/mol. The molecule has 3 heterocycles. The minimum atomic E-state index is -0.419. The number of aromatic nitrogens is 2. The van der Waals surface area contributed by atoms with Crippen molar-refractivity contribution in [2.24, 2.45) is 10.2 Å². The fourth-order valence-corrected chi connectivity index (χ4v) is 3.79. The summed E-state index contributed by atoms with van der Waals surface area (Å²) in [4.78, 5) is 11.2. The standard InChI is InChI=1S/C12H9N7O2S2/c1-6-9(23-17-13-6)10-14-15-12-18(10)16-11(22-12)7-2-4-8(5-3-7)19(20)21/h2-5,12,15H,1H3. The van der Waals surface area contributed by atoms with E-state index in [9.17, 15) is 10.1 Å².